The van der Waals surface area contributed by atoms with E-state index in [1.807, 2.05) is 18.2 Å². The van der Waals surface area contributed by atoms with Crippen molar-refractivity contribution in [3.63, 3.8) is 0 Å². The zero-order valence-corrected chi connectivity index (χ0v) is 15.5. The van der Waals surface area contributed by atoms with E-state index in [1.54, 1.807) is 12.1 Å². The van der Waals surface area contributed by atoms with Crippen molar-refractivity contribution in [1.82, 2.24) is 10.2 Å². The fourth-order valence-corrected chi connectivity index (χ4v) is 3.59. The number of likely N-dealkylation sites (tertiary alicyclic amines) is 1. The van der Waals surface area contributed by atoms with Crippen LogP contribution < -0.4 is 5.32 Å². The maximum absolute atomic E-state index is 12.9. The molecule has 5 heteroatoms. The SMILES string of the molecule is O=C(NCCc1ccc(F)cc1)C1CCN(Cc2cccc(Cl)c2)CC1. The summed E-state index contributed by atoms with van der Waals surface area (Å²) in [5, 5.41) is 3.78. The molecule has 0 radical (unpaired) electrons. The Morgan fingerprint density at radius 2 is 1.85 bits per heavy atom. The monoisotopic (exact) mass is 374 g/mol. The molecule has 1 N–H and O–H groups in total. The molecule has 1 saturated heterocycles. The maximum Gasteiger partial charge on any atom is 0.223 e. The Morgan fingerprint density at radius 3 is 2.54 bits per heavy atom. The molecule has 0 saturated carbocycles. The first-order valence-corrected chi connectivity index (χ1v) is 9.47. The fraction of sp³-hybridized carbons (Fsp3) is 0.381. The van der Waals surface area contributed by atoms with Gasteiger partial charge in [0.05, 0.1) is 0 Å². The van der Waals surface area contributed by atoms with E-state index in [9.17, 15) is 9.18 Å². The second kappa shape index (κ2) is 9.15. The second-order valence-electron chi connectivity index (χ2n) is 6.85. The predicted octanol–water partition coefficient (Wildman–Crippen LogP) is 4.05. The summed E-state index contributed by atoms with van der Waals surface area (Å²) >= 11 is 6.04. The van der Waals surface area contributed by atoms with Crippen molar-refractivity contribution in [2.45, 2.75) is 25.8 Å². The van der Waals surface area contributed by atoms with E-state index < -0.39 is 0 Å². The summed E-state index contributed by atoms with van der Waals surface area (Å²) in [6.07, 6.45) is 2.48. The topological polar surface area (TPSA) is 32.3 Å². The van der Waals surface area contributed by atoms with E-state index >= 15 is 0 Å². The highest BCUT2D eigenvalue weighted by Gasteiger charge is 2.24. The summed E-state index contributed by atoms with van der Waals surface area (Å²) in [5.74, 6) is -0.0179. The van der Waals surface area contributed by atoms with Crippen LogP contribution in [0.4, 0.5) is 4.39 Å². The fourth-order valence-electron chi connectivity index (χ4n) is 3.37. The van der Waals surface area contributed by atoms with Crippen LogP contribution >= 0.6 is 11.6 Å². The van der Waals surface area contributed by atoms with Gasteiger partial charge in [0.2, 0.25) is 5.91 Å². The molecule has 0 atom stereocenters. The number of carbonyl (C=O) groups excluding carboxylic acids is 1. The number of nitrogens with one attached hydrogen (secondary N) is 1. The van der Waals surface area contributed by atoms with Crippen LogP contribution in [-0.4, -0.2) is 30.4 Å². The van der Waals surface area contributed by atoms with Gasteiger partial charge in [0.15, 0.2) is 0 Å². The number of carbonyl (C=O) groups is 1. The van der Waals surface area contributed by atoms with Crippen molar-refractivity contribution < 1.29 is 9.18 Å². The van der Waals surface area contributed by atoms with E-state index in [0.717, 1.165) is 49.5 Å². The van der Waals surface area contributed by atoms with Gasteiger partial charge in [0.25, 0.3) is 0 Å². The molecule has 0 bridgehead atoms. The highest BCUT2D eigenvalue weighted by atomic mass is 35.5. The summed E-state index contributed by atoms with van der Waals surface area (Å²) in [4.78, 5) is 14.7. The Hall–Kier alpha value is -1.91. The number of nitrogens with zero attached hydrogens (tertiary/aromatic N) is 1. The molecular weight excluding hydrogens is 351 g/mol. The highest BCUT2D eigenvalue weighted by molar-refractivity contribution is 6.30. The van der Waals surface area contributed by atoms with Gasteiger partial charge in [0.1, 0.15) is 5.82 Å². The van der Waals surface area contributed by atoms with Gasteiger partial charge in [-0.1, -0.05) is 35.9 Å². The smallest absolute Gasteiger partial charge is 0.223 e. The largest absolute Gasteiger partial charge is 0.356 e. The summed E-state index contributed by atoms with van der Waals surface area (Å²) < 4.78 is 12.9. The van der Waals surface area contributed by atoms with Crippen molar-refractivity contribution in [2.24, 2.45) is 5.92 Å². The van der Waals surface area contributed by atoms with Gasteiger partial charge in [-0.15, -0.1) is 0 Å². The predicted molar refractivity (Wildman–Crippen MR) is 103 cm³/mol. The number of benzene rings is 2. The molecule has 0 unspecified atom stereocenters. The molecular formula is C21H24ClFN2O. The van der Waals surface area contributed by atoms with Gasteiger partial charge in [0, 0.05) is 24.0 Å². The minimum atomic E-state index is -0.234. The summed E-state index contributed by atoms with van der Waals surface area (Å²) in [6, 6.07) is 14.4. The molecule has 138 valence electrons. The standard InChI is InChI=1S/C21H24ClFN2O/c22-19-3-1-2-17(14-19)15-25-12-9-18(10-13-25)21(26)24-11-8-16-4-6-20(23)7-5-16/h1-7,14,18H,8-13,15H2,(H,24,26). The molecule has 26 heavy (non-hydrogen) atoms. The molecule has 1 heterocycles. The molecule has 0 aromatic heterocycles. The summed E-state index contributed by atoms with van der Waals surface area (Å²) in [6.45, 7) is 3.30. The summed E-state index contributed by atoms with van der Waals surface area (Å²) in [5.41, 5.74) is 2.24. The van der Waals surface area contributed by atoms with Gasteiger partial charge >= 0.3 is 0 Å². The van der Waals surface area contributed by atoms with Crippen LogP contribution in [0, 0.1) is 11.7 Å². The first-order valence-electron chi connectivity index (χ1n) is 9.09. The molecule has 1 aliphatic rings. The lowest BCUT2D eigenvalue weighted by Gasteiger charge is -2.31. The first-order chi connectivity index (χ1) is 12.6. The minimum Gasteiger partial charge on any atom is -0.356 e. The lowest BCUT2D eigenvalue weighted by atomic mass is 9.95. The molecule has 3 nitrogen and oxygen atoms in total. The minimum absolute atomic E-state index is 0.0822. The Kier molecular flexibility index (Phi) is 6.64. The third kappa shape index (κ3) is 5.55. The van der Waals surface area contributed by atoms with Gasteiger partial charge < -0.3 is 5.32 Å². The van der Waals surface area contributed by atoms with Crippen LogP contribution in [0.1, 0.15) is 24.0 Å². The Balaban J connectivity index is 1.38. The molecule has 1 amide bonds. The van der Waals surface area contributed by atoms with Crippen LogP contribution in [-0.2, 0) is 17.8 Å². The maximum atomic E-state index is 12.9. The van der Waals surface area contributed by atoms with Crippen LogP contribution in [0.25, 0.3) is 0 Å². The van der Waals surface area contributed by atoms with E-state index in [2.05, 4.69) is 16.3 Å². The third-order valence-corrected chi connectivity index (χ3v) is 5.11. The number of amides is 1. The van der Waals surface area contributed by atoms with Crippen molar-refractivity contribution in [2.75, 3.05) is 19.6 Å². The third-order valence-electron chi connectivity index (χ3n) is 4.88. The number of rotatable bonds is 6. The van der Waals surface area contributed by atoms with Crippen molar-refractivity contribution >= 4 is 17.5 Å². The molecule has 2 aromatic carbocycles. The van der Waals surface area contributed by atoms with E-state index in [4.69, 9.17) is 11.6 Å². The van der Waals surface area contributed by atoms with Gasteiger partial charge in [-0.25, -0.2) is 4.39 Å². The summed E-state index contributed by atoms with van der Waals surface area (Å²) in [7, 11) is 0. The normalized spacial score (nSPS) is 15.8. The zero-order chi connectivity index (χ0) is 18.4. The Morgan fingerprint density at radius 1 is 1.12 bits per heavy atom. The van der Waals surface area contributed by atoms with E-state index in [1.165, 1.54) is 17.7 Å². The number of halogens is 2. The van der Waals surface area contributed by atoms with Gasteiger partial charge in [-0.3, -0.25) is 9.69 Å². The molecule has 2 aromatic rings. The van der Waals surface area contributed by atoms with Crippen molar-refractivity contribution in [1.29, 1.82) is 0 Å². The van der Waals surface area contributed by atoms with Gasteiger partial charge in [-0.2, -0.15) is 0 Å². The average molecular weight is 375 g/mol. The van der Waals surface area contributed by atoms with Crippen LogP contribution in [0.15, 0.2) is 48.5 Å². The zero-order valence-electron chi connectivity index (χ0n) is 14.8. The molecule has 1 aliphatic heterocycles. The number of piperidine rings is 1. The lowest BCUT2D eigenvalue weighted by molar-refractivity contribution is -0.126. The van der Waals surface area contributed by atoms with E-state index in [-0.39, 0.29) is 17.6 Å². The Labute approximate surface area is 159 Å². The highest BCUT2D eigenvalue weighted by Crippen LogP contribution is 2.20. The van der Waals surface area contributed by atoms with E-state index in [0.29, 0.717) is 6.54 Å². The quantitative estimate of drug-likeness (QED) is 0.827. The average Bonchev–Trinajstić information content (AvgIpc) is 2.64. The molecule has 0 spiro atoms. The molecule has 1 fully saturated rings. The molecule has 3 rings (SSSR count). The van der Waals surface area contributed by atoms with Gasteiger partial charge in [-0.05, 0) is 67.7 Å². The number of hydrogen-bond donors (Lipinski definition) is 1. The van der Waals surface area contributed by atoms with Crippen molar-refractivity contribution in [3.05, 3.63) is 70.5 Å². The number of hydrogen-bond acceptors (Lipinski definition) is 2. The first kappa shape index (κ1) is 18.9. The second-order valence-corrected chi connectivity index (χ2v) is 7.28. The van der Waals surface area contributed by atoms with Crippen LogP contribution in [0.5, 0.6) is 0 Å². The van der Waals surface area contributed by atoms with Crippen LogP contribution in [0.2, 0.25) is 5.02 Å². The Bertz CT molecular complexity index is 727. The van der Waals surface area contributed by atoms with Crippen molar-refractivity contribution in [3.8, 4) is 0 Å². The lowest BCUT2D eigenvalue weighted by Crippen LogP contribution is -2.40. The molecule has 0 aliphatic carbocycles. The van der Waals surface area contributed by atoms with Crippen LogP contribution in [0.3, 0.4) is 0 Å².